The molecule has 6 heteroatoms. The Hall–Kier alpha value is -1.85. The van der Waals surface area contributed by atoms with Crippen LogP contribution in [0.2, 0.25) is 0 Å². The van der Waals surface area contributed by atoms with E-state index in [9.17, 15) is 13.2 Å². The Labute approximate surface area is 103 Å². The van der Waals surface area contributed by atoms with Gasteiger partial charge in [0.25, 0.3) is 0 Å². The average molecular weight is 257 g/mol. The van der Waals surface area contributed by atoms with Crippen LogP contribution in [0.4, 0.5) is 13.2 Å². The van der Waals surface area contributed by atoms with Gasteiger partial charge in [-0.25, -0.2) is 0 Å². The molecule has 0 N–H and O–H groups in total. The third-order valence-electron chi connectivity index (χ3n) is 2.07. The van der Waals surface area contributed by atoms with E-state index in [1.807, 2.05) is 13.8 Å². The lowest BCUT2D eigenvalue weighted by Crippen LogP contribution is -2.05. The van der Waals surface area contributed by atoms with Crippen LogP contribution in [-0.4, -0.2) is 14.8 Å². The quantitative estimate of drug-likeness (QED) is 0.782. The fourth-order valence-corrected chi connectivity index (χ4v) is 1.26. The van der Waals surface area contributed by atoms with Crippen molar-refractivity contribution in [1.29, 1.82) is 0 Å². The Bertz CT molecular complexity index is 486. The van der Waals surface area contributed by atoms with Gasteiger partial charge in [0, 0.05) is 19.4 Å². The van der Waals surface area contributed by atoms with Crippen molar-refractivity contribution in [3.63, 3.8) is 0 Å². The lowest BCUT2D eigenvalue weighted by molar-refractivity contribution is -0.137. The topological polar surface area (TPSA) is 30.7 Å². The Morgan fingerprint density at radius 3 is 2.11 bits per heavy atom. The molecule has 2 aromatic rings. The van der Waals surface area contributed by atoms with Crippen LogP contribution in [-0.2, 0) is 13.2 Å². The molecule has 0 aliphatic carbocycles. The number of aromatic nitrogens is 3. The maximum absolute atomic E-state index is 12.3. The third-order valence-corrected chi connectivity index (χ3v) is 2.07. The molecule has 18 heavy (non-hydrogen) atoms. The predicted molar refractivity (Wildman–Crippen MR) is 62.8 cm³/mol. The average Bonchev–Trinajstić information content (AvgIpc) is 2.78. The zero-order chi connectivity index (χ0) is 13.8. The van der Waals surface area contributed by atoms with Gasteiger partial charge in [-0.1, -0.05) is 13.8 Å². The highest BCUT2D eigenvalue weighted by Crippen LogP contribution is 2.29. The van der Waals surface area contributed by atoms with E-state index < -0.39 is 11.7 Å². The summed E-state index contributed by atoms with van der Waals surface area (Å²) in [7, 11) is 1.73. The lowest BCUT2D eigenvalue weighted by Gasteiger charge is -2.05. The summed E-state index contributed by atoms with van der Waals surface area (Å²) in [5.74, 6) is 0. The summed E-state index contributed by atoms with van der Waals surface area (Å²) in [6, 6.07) is 4.00. The van der Waals surface area contributed by atoms with Crippen molar-refractivity contribution in [3.05, 3.63) is 36.2 Å². The normalized spacial score (nSPS) is 10.8. The molecule has 0 radical (unpaired) electrons. The van der Waals surface area contributed by atoms with Crippen molar-refractivity contribution in [2.24, 2.45) is 7.05 Å². The first-order valence-electron chi connectivity index (χ1n) is 5.50. The van der Waals surface area contributed by atoms with E-state index in [1.165, 1.54) is 6.07 Å². The van der Waals surface area contributed by atoms with E-state index in [0.29, 0.717) is 11.4 Å². The summed E-state index contributed by atoms with van der Waals surface area (Å²) in [4.78, 5) is 3.73. The molecule has 2 heterocycles. The van der Waals surface area contributed by atoms with Gasteiger partial charge in [-0.15, -0.1) is 0 Å². The van der Waals surface area contributed by atoms with Crippen LogP contribution in [0.3, 0.4) is 0 Å². The molecule has 3 nitrogen and oxygen atoms in total. The minimum Gasteiger partial charge on any atom is -0.275 e. The van der Waals surface area contributed by atoms with Gasteiger partial charge in [0.05, 0.1) is 11.3 Å². The van der Waals surface area contributed by atoms with Crippen LogP contribution in [0.5, 0.6) is 0 Å². The van der Waals surface area contributed by atoms with Crippen LogP contribution in [0.15, 0.2) is 30.6 Å². The van der Waals surface area contributed by atoms with Crippen molar-refractivity contribution in [2.75, 3.05) is 0 Å². The molecule has 98 valence electrons. The van der Waals surface area contributed by atoms with Gasteiger partial charge in [0.15, 0.2) is 0 Å². The summed E-state index contributed by atoms with van der Waals surface area (Å²) >= 11 is 0. The molecule has 0 aromatic carbocycles. The number of rotatable bonds is 1. The second kappa shape index (κ2) is 5.66. The Morgan fingerprint density at radius 2 is 1.72 bits per heavy atom. The van der Waals surface area contributed by atoms with Gasteiger partial charge in [-0.05, 0) is 18.2 Å². The van der Waals surface area contributed by atoms with Crippen LogP contribution < -0.4 is 0 Å². The zero-order valence-electron chi connectivity index (χ0n) is 10.4. The molecule has 0 fully saturated rings. The molecule has 0 unspecified atom stereocenters. The first kappa shape index (κ1) is 14.2. The molecule has 2 rings (SSSR count). The minimum atomic E-state index is -4.35. The molecule has 0 amide bonds. The summed E-state index contributed by atoms with van der Waals surface area (Å²) in [5.41, 5.74) is 0.219. The van der Waals surface area contributed by atoms with Gasteiger partial charge < -0.3 is 0 Å². The fourth-order valence-electron chi connectivity index (χ4n) is 1.26. The molecule has 2 aromatic heterocycles. The van der Waals surface area contributed by atoms with Gasteiger partial charge in [-0.2, -0.15) is 18.3 Å². The van der Waals surface area contributed by atoms with Crippen molar-refractivity contribution < 1.29 is 13.2 Å². The van der Waals surface area contributed by atoms with Crippen LogP contribution in [0, 0.1) is 0 Å². The van der Waals surface area contributed by atoms with Crippen molar-refractivity contribution in [2.45, 2.75) is 20.0 Å². The molecule has 0 saturated heterocycles. The molecule has 0 saturated carbocycles. The monoisotopic (exact) mass is 257 g/mol. The van der Waals surface area contributed by atoms with E-state index in [1.54, 1.807) is 24.0 Å². The van der Waals surface area contributed by atoms with Gasteiger partial charge in [0.2, 0.25) is 0 Å². The predicted octanol–water partition coefficient (Wildman–Crippen LogP) is 3.53. The maximum Gasteiger partial charge on any atom is 0.417 e. The summed E-state index contributed by atoms with van der Waals surface area (Å²) < 4.78 is 38.4. The third kappa shape index (κ3) is 3.32. The van der Waals surface area contributed by atoms with Gasteiger partial charge in [0.1, 0.15) is 5.69 Å². The minimum absolute atomic E-state index is 0.425. The van der Waals surface area contributed by atoms with E-state index in [4.69, 9.17) is 0 Å². The van der Waals surface area contributed by atoms with Crippen LogP contribution in [0.1, 0.15) is 19.4 Å². The largest absolute Gasteiger partial charge is 0.417 e. The summed E-state index contributed by atoms with van der Waals surface area (Å²) in [5, 5.41) is 4.05. The summed E-state index contributed by atoms with van der Waals surface area (Å²) in [6.45, 7) is 4.00. The number of halogens is 3. The second-order valence-electron chi connectivity index (χ2n) is 3.30. The second-order valence-corrected chi connectivity index (χ2v) is 3.30. The number of hydrogen-bond acceptors (Lipinski definition) is 2. The zero-order valence-corrected chi connectivity index (χ0v) is 10.4. The number of alkyl halides is 3. The SMILES string of the molecule is CC.Cn1ccc(-c2ccc(C(F)(F)F)cn2)n1. The Balaban J connectivity index is 0.000000771. The highest BCUT2D eigenvalue weighted by Gasteiger charge is 2.30. The van der Waals surface area contributed by atoms with Gasteiger partial charge in [-0.3, -0.25) is 9.67 Å². The number of aryl methyl sites for hydroxylation is 1. The van der Waals surface area contributed by atoms with Crippen molar-refractivity contribution in [1.82, 2.24) is 14.8 Å². The molecule has 0 atom stereocenters. The number of nitrogens with zero attached hydrogens (tertiary/aromatic N) is 3. The Kier molecular flexibility index (Phi) is 4.47. The van der Waals surface area contributed by atoms with E-state index in [0.717, 1.165) is 12.3 Å². The standard InChI is InChI=1S/C10H8F3N3.C2H6/c1-16-5-4-9(15-16)8-3-2-7(6-14-8)10(11,12)13;1-2/h2-6H,1H3;1-2H3. The summed E-state index contributed by atoms with van der Waals surface area (Å²) in [6.07, 6.45) is -1.84. The van der Waals surface area contributed by atoms with Crippen molar-refractivity contribution >= 4 is 0 Å². The number of hydrogen-bond donors (Lipinski definition) is 0. The lowest BCUT2D eigenvalue weighted by atomic mass is 10.2. The smallest absolute Gasteiger partial charge is 0.275 e. The maximum atomic E-state index is 12.3. The first-order chi connectivity index (χ1) is 8.47. The molecular weight excluding hydrogens is 243 g/mol. The molecular formula is C12H14F3N3. The molecule has 0 spiro atoms. The van der Waals surface area contributed by atoms with E-state index in [-0.39, 0.29) is 0 Å². The van der Waals surface area contributed by atoms with E-state index in [2.05, 4.69) is 10.1 Å². The van der Waals surface area contributed by atoms with Crippen LogP contribution >= 0.6 is 0 Å². The molecule has 0 aliphatic rings. The molecule has 0 bridgehead atoms. The highest BCUT2D eigenvalue weighted by molar-refractivity contribution is 5.53. The van der Waals surface area contributed by atoms with Crippen molar-refractivity contribution in [3.8, 4) is 11.4 Å². The Morgan fingerprint density at radius 1 is 1.06 bits per heavy atom. The fraction of sp³-hybridized carbons (Fsp3) is 0.333. The first-order valence-corrected chi connectivity index (χ1v) is 5.50. The molecule has 0 aliphatic heterocycles. The van der Waals surface area contributed by atoms with Crippen LogP contribution in [0.25, 0.3) is 11.4 Å². The van der Waals surface area contributed by atoms with E-state index >= 15 is 0 Å². The van der Waals surface area contributed by atoms with Gasteiger partial charge >= 0.3 is 6.18 Å². The highest BCUT2D eigenvalue weighted by atomic mass is 19.4. The number of pyridine rings is 1.